The van der Waals surface area contributed by atoms with Crippen molar-refractivity contribution in [2.24, 2.45) is 11.8 Å². The molecular formula is C15H22N2O4. The summed E-state index contributed by atoms with van der Waals surface area (Å²) in [5.41, 5.74) is 0. The maximum absolute atomic E-state index is 11.5. The Morgan fingerprint density at radius 1 is 1.29 bits per heavy atom. The van der Waals surface area contributed by atoms with Crippen LogP contribution >= 0.6 is 0 Å². The molecule has 1 saturated heterocycles. The van der Waals surface area contributed by atoms with Crippen LogP contribution in [0.2, 0.25) is 0 Å². The fourth-order valence-corrected chi connectivity index (χ4v) is 3.26. The number of carbonyl (C=O) groups is 1. The van der Waals surface area contributed by atoms with Crippen molar-refractivity contribution in [1.82, 2.24) is 10.1 Å². The molecule has 1 aliphatic carbocycles. The van der Waals surface area contributed by atoms with Crippen molar-refractivity contribution in [3.05, 3.63) is 11.7 Å². The molecular weight excluding hydrogens is 272 g/mol. The number of hydrogen-bond acceptors (Lipinski definition) is 6. The number of hydrogen-bond donors (Lipinski definition) is 0. The Balaban J connectivity index is 1.53. The van der Waals surface area contributed by atoms with Crippen LogP contribution in [0, 0.1) is 11.8 Å². The molecule has 0 spiro atoms. The van der Waals surface area contributed by atoms with Gasteiger partial charge in [-0.1, -0.05) is 5.16 Å². The number of esters is 1. The maximum atomic E-state index is 11.5. The molecule has 2 heterocycles. The van der Waals surface area contributed by atoms with Crippen LogP contribution in [0.3, 0.4) is 0 Å². The molecule has 3 rings (SSSR count). The highest BCUT2D eigenvalue weighted by molar-refractivity contribution is 5.72. The molecule has 1 aliphatic heterocycles. The quantitative estimate of drug-likeness (QED) is 0.792. The van der Waals surface area contributed by atoms with Gasteiger partial charge in [-0.2, -0.15) is 4.98 Å². The second kappa shape index (κ2) is 6.56. The minimum atomic E-state index is -0.0964. The highest BCUT2D eigenvalue weighted by Crippen LogP contribution is 2.35. The van der Waals surface area contributed by atoms with E-state index >= 15 is 0 Å². The third-order valence-electron chi connectivity index (χ3n) is 4.59. The summed E-state index contributed by atoms with van der Waals surface area (Å²) in [6.45, 7) is 1.64. The molecule has 0 amide bonds. The first kappa shape index (κ1) is 14.5. The first-order chi connectivity index (χ1) is 10.3. The van der Waals surface area contributed by atoms with Gasteiger partial charge in [0.05, 0.1) is 13.0 Å². The fraction of sp³-hybridized carbons (Fsp3) is 0.800. The van der Waals surface area contributed by atoms with Gasteiger partial charge in [-0.3, -0.25) is 4.79 Å². The van der Waals surface area contributed by atoms with E-state index in [1.54, 1.807) is 0 Å². The van der Waals surface area contributed by atoms with Crippen LogP contribution in [0.5, 0.6) is 0 Å². The third-order valence-corrected chi connectivity index (χ3v) is 4.59. The van der Waals surface area contributed by atoms with Crippen LogP contribution in [0.4, 0.5) is 0 Å². The summed E-state index contributed by atoms with van der Waals surface area (Å²) in [7, 11) is 1.45. The summed E-state index contributed by atoms with van der Waals surface area (Å²) in [6, 6.07) is 0. The van der Waals surface area contributed by atoms with Gasteiger partial charge in [0.1, 0.15) is 0 Å². The van der Waals surface area contributed by atoms with Crippen LogP contribution in [-0.2, 0) is 20.7 Å². The molecule has 21 heavy (non-hydrogen) atoms. The summed E-state index contributed by atoms with van der Waals surface area (Å²) >= 11 is 0. The van der Waals surface area contributed by atoms with Crippen molar-refractivity contribution < 1.29 is 18.8 Å². The number of nitrogens with zero attached hydrogens (tertiary/aromatic N) is 2. The van der Waals surface area contributed by atoms with Crippen molar-refractivity contribution in [3.63, 3.8) is 0 Å². The van der Waals surface area contributed by atoms with Crippen molar-refractivity contribution >= 4 is 5.97 Å². The summed E-state index contributed by atoms with van der Waals surface area (Å²) in [4.78, 5) is 16.1. The van der Waals surface area contributed by atoms with Crippen LogP contribution in [0.1, 0.15) is 49.7 Å². The van der Waals surface area contributed by atoms with Gasteiger partial charge in [-0.05, 0) is 38.0 Å². The third kappa shape index (κ3) is 3.43. The number of methoxy groups -OCH3 is 1. The van der Waals surface area contributed by atoms with Gasteiger partial charge < -0.3 is 14.0 Å². The number of aromatic nitrogens is 2. The van der Waals surface area contributed by atoms with Crippen molar-refractivity contribution in [1.29, 1.82) is 0 Å². The second-order valence-corrected chi connectivity index (χ2v) is 6.05. The van der Waals surface area contributed by atoms with Crippen molar-refractivity contribution in [2.45, 2.75) is 44.4 Å². The van der Waals surface area contributed by atoms with E-state index in [0.717, 1.165) is 63.5 Å². The zero-order chi connectivity index (χ0) is 14.7. The van der Waals surface area contributed by atoms with Crippen LogP contribution in [-0.4, -0.2) is 36.4 Å². The average molecular weight is 294 g/mol. The molecule has 0 unspecified atom stereocenters. The van der Waals surface area contributed by atoms with E-state index in [2.05, 4.69) is 10.1 Å². The van der Waals surface area contributed by atoms with Crippen LogP contribution in [0.15, 0.2) is 4.52 Å². The molecule has 0 radical (unpaired) electrons. The molecule has 6 heteroatoms. The van der Waals surface area contributed by atoms with Gasteiger partial charge >= 0.3 is 5.97 Å². The first-order valence-electron chi connectivity index (χ1n) is 7.74. The highest BCUT2D eigenvalue weighted by atomic mass is 16.5. The first-order valence-corrected chi connectivity index (χ1v) is 7.74. The van der Waals surface area contributed by atoms with Crippen molar-refractivity contribution in [3.8, 4) is 0 Å². The second-order valence-electron chi connectivity index (χ2n) is 6.05. The minimum absolute atomic E-state index is 0.0317. The SMILES string of the molecule is COC(=O)C1CCC(c2nc(C[C@H]3CCOC3)no2)CC1. The van der Waals surface area contributed by atoms with E-state index in [-0.39, 0.29) is 17.8 Å². The molecule has 1 aromatic heterocycles. The maximum Gasteiger partial charge on any atom is 0.308 e. The summed E-state index contributed by atoms with van der Waals surface area (Å²) in [6.07, 6.45) is 5.41. The normalized spacial score (nSPS) is 29.5. The van der Waals surface area contributed by atoms with E-state index < -0.39 is 0 Å². The largest absolute Gasteiger partial charge is 0.469 e. The van der Waals surface area contributed by atoms with Crippen LogP contribution < -0.4 is 0 Å². The van der Waals surface area contributed by atoms with Gasteiger partial charge in [-0.15, -0.1) is 0 Å². The molecule has 0 N–H and O–H groups in total. The summed E-state index contributed by atoms with van der Waals surface area (Å²) < 4.78 is 15.6. The zero-order valence-corrected chi connectivity index (χ0v) is 12.4. The lowest BCUT2D eigenvalue weighted by atomic mass is 9.82. The van der Waals surface area contributed by atoms with E-state index in [0.29, 0.717) is 5.92 Å². The molecule has 1 aromatic rings. The number of ether oxygens (including phenoxy) is 2. The average Bonchev–Trinajstić information content (AvgIpc) is 3.19. The predicted molar refractivity (Wildman–Crippen MR) is 73.6 cm³/mol. The molecule has 0 bridgehead atoms. The van der Waals surface area contributed by atoms with Gasteiger partial charge in [0, 0.05) is 25.6 Å². The van der Waals surface area contributed by atoms with E-state index in [1.165, 1.54) is 7.11 Å². The molecule has 2 fully saturated rings. The fourth-order valence-electron chi connectivity index (χ4n) is 3.26. The van der Waals surface area contributed by atoms with E-state index in [1.807, 2.05) is 0 Å². The predicted octanol–water partition coefficient (Wildman–Crippen LogP) is 2.10. The molecule has 1 saturated carbocycles. The van der Waals surface area contributed by atoms with Gasteiger partial charge in [0.2, 0.25) is 5.89 Å². The Kier molecular flexibility index (Phi) is 4.53. The standard InChI is InChI=1S/C15H22N2O4/c1-19-15(18)12-4-2-11(3-5-12)14-16-13(17-21-14)8-10-6-7-20-9-10/h10-12H,2-9H2,1H3/t10-,11?,12?/m1/s1. The smallest absolute Gasteiger partial charge is 0.308 e. The molecule has 2 aliphatic rings. The Morgan fingerprint density at radius 2 is 2.10 bits per heavy atom. The highest BCUT2D eigenvalue weighted by Gasteiger charge is 2.30. The van der Waals surface area contributed by atoms with Gasteiger partial charge in [0.25, 0.3) is 0 Å². The lowest BCUT2D eigenvalue weighted by molar-refractivity contribution is -0.146. The van der Waals surface area contributed by atoms with E-state index in [9.17, 15) is 4.79 Å². The van der Waals surface area contributed by atoms with Gasteiger partial charge in [0.15, 0.2) is 5.82 Å². The topological polar surface area (TPSA) is 74.5 Å². The summed E-state index contributed by atoms with van der Waals surface area (Å²) in [5, 5.41) is 4.09. The Morgan fingerprint density at radius 3 is 2.76 bits per heavy atom. The monoisotopic (exact) mass is 294 g/mol. The Labute approximate surface area is 124 Å². The number of carbonyl (C=O) groups excluding carboxylic acids is 1. The van der Waals surface area contributed by atoms with E-state index in [4.69, 9.17) is 14.0 Å². The lowest BCUT2D eigenvalue weighted by Crippen LogP contribution is -2.22. The Hall–Kier alpha value is -1.43. The van der Waals surface area contributed by atoms with Crippen molar-refractivity contribution in [2.75, 3.05) is 20.3 Å². The molecule has 1 atom stereocenters. The zero-order valence-electron chi connectivity index (χ0n) is 12.4. The molecule has 0 aromatic carbocycles. The molecule has 6 nitrogen and oxygen atoms in total. The van der Waals surface area contributed by atoms with Gasteiger partial charge in [-0.25, -0.2) is 0 Å². The molecule has 116 valence electrons. The lowest BCUT2D eigenvalue weighted by Gasteiger charge is -2.24. The van der Waals surface area contributed by atoms with Crippen LogP contribution in [0.25, 0.3) is 0 Å². The Bertz CT molecular complexity index is 474. The number of rotatable bonds is 4. The summed E-state index contributed by atoms with van der Waals surface area (Å²) in [5.74, 6) is 2.26. The minimum Gasteiger partial charge on any atom is -0.469 e.